The molecule has 6 heteroatoms. The Balaban J connectivity index is 1.99. The maximum absolute atomic E-state index is 10.9. The van der Waals surface area contributed by atoms with E-state index in [9.17, 15) is 10.2 Å². The molecule has 1 aromatic carbocycles. The van der Waals surface area contributed by atoms with Gasteiger partial charge in [-0.25, -0.2) is 0 Å². The molecular weight excluding hydrogens is 414 g/mol. The summed E-state index contributed by atoms with van der Waals surface area (Å²) >= 11 is 0. The van der Waals surface area contributed by atoms with Crippen LogP contribution in [0.5, 0.6) is 5.75 Å². The number of ether oxygens (including phenoxy) is 1. The number of phenols is 1. The highest BCUT2D eigenvalue weighted by atomic mass is 16.6. The first-order valence-corrected chi connectivity index (χ1v) is 12.2. The SMILES string of the molecule is CCCCCCCCOC(O)CCc1cc(N/N=C2/C=CC=CC2=N)c(O)c(C(C)(C)C)c1. The normalized spacial score (nSPS) is 15.9. The summed E-state index contributed by atoms with van der Waals surface area (Å²) in [5.74, 6) is 0.150. The van der Waals surface area contributed by atoms with Gasteiger partial charge in [0.1, 0.15) is 11.5 Å². The molecule has 1 aromatic rings. The zero-order valence-corrected chi connectivity index (χ0v) is 20.7. The maximum Gasteiger partial charge on any atom is 0.154 e. The Kier molecular flexibility index (Phi) is 10.8. The highest BCUT2D eigenvalue weighted by Crippen LogP contribution is 2.38. The highest BCUT2D eigenvalue weighted by Gasteiger charge is 2.22. The van der Waals surface area contributed by atoms with Crippen LogP contribution in [0.15, 0.2) is 41.5 Å². The number of nitrogens with zero attached hydrogens (tertiary/aromatic N) is 1. The molecule has 33 heavy (non-hydrogen) atoms. The minimum Gasteiger partial charge on any atom is -0.505 e. The third kappa shape index (κ3) is 9.14. The first-order chi connectivity index (χ1) is 15.7. The van der Waals surface area contributed by atoms with Crippen LogP contribution in [0.3, 0.4) is 0 Å². The predicted molar refractivity (Wildman–Crippen MR) is 138 cm³/mol. The molecule has 1 aliphatic rings. The molecule has 0 bridgehead atoms. The summed E-state index contributed by atoms with van der Waals surface area (Å²) < 4.78 is 5.59. The van der Waals surface area contributed by atoms with Crippen LogP contribution < -0.4 is 5.43 Å². The van der Waals surface area contributed by atoms with Crippen LogP contribution in [-0.2, 0) is 16.6 Å². The predicted octanol–water partition coefficient (Wildman–Crippen LogP) is 6.23. The lowest BCUT2D eigenvalue weighted by Gasteiger charge is -2.23. The van der Waals surface area contributed by atoms with E-state index in [4.69, 9.17) is 10.1 Å². The summed E-state index contributed by atoms with van der Waals surface area (Å²) in [5, 5.41) is 33.4. The van der Waals surface area contributed by atoms with E-state index in [1.807, 2.05) is 39.0 Å². The van der Waals surface area contributed by atoms with Gasteiger partial charge in [-0.3, -0.25) is 10.8 Å². The molecule has 2 rings (SSSR count). The maximum atomic E-state index is 10.9. The van der Waals surface area contributed by atoms with E-state index < -0.39 is 6.29 Å². The third-order valence-electron chi connectivity index (χ3n) is 5.67. The topological polar surface area (TPSA) is 97.9 Å². The molecule has 0 aliphatic heterocycles. The van der Waals surface area contributed by atoms with Gasteiger partial charge >= 0.3 is 0 Å². The van der Waals surface area contributed by atoms with Crippen molar-refractivity contribution < 1.29 is 14.9 Å². The number of aliphatic hydroxyl groups is 1. The molecule has 0 spiro atoms. The fourth-order valence-electron chi connectivity index (χ4n) is 3.66. The van der Waals surface area contributed by atoms with Gasteiger partial charge in [-0.2, -0.15) is 5.10 Å². The number of benzene rings is 1. The summed E-state index contributed by atoms with van der Waals surface area (Å²) in [4.78, 5) is 0. The number of hydrogen-bond acceptors (Lipinski definition) is 6. The Hall–Kier alpha value is -2.44. The third-order valence-corrected chi connectivity index (χ3v) is 5.67. The van der Waals surface area contributed by atoms with Crippen molar-refractivity contribution >= 4 is 17.1 Å². The molecular formula is C27H41N3O3. The number of aryl methyl sites for hydroxylation is 1. The number of nitrogens with one attached hydrogen (secondary N) is 2. The van der Waals surface area contributed by atoms with Crippen molar-refractivity contribution in [2.75, 3.05) is 12.0 Å². The van der Waals surface area contributed by atoms with Gasteiger partial charge < -0.3 is 14.9 Å². The van der Waals surface area contributed by atoms with Gasteiger partial charge in [0.15, 0.2) is 6.29 Å². The number of unbranched alkanes of at least 4 members (excludes halogenated alkanes) is 5. The van der Waals surface area contributed by atoms with Crippen molar-refractivity contribution in [2.24, 2.45) is 5.10 Å². The smallest absolute Gasteiger partial charge is 0.154 e. The van der Waals surface area contributed by atoms with E-state index in [-0.39, 0.29) is 11.2 Å². The molecule has 0 saturated heterocycles. The van der Waals surface area contributed by atoms with Gasteiger partial charge in [0.05, 0.1) is 11.4 Å². The molecule has 0 heterocycles. The fraction of sp³-hybridized carbons (Fsp3) is 0.556. The van der Waals surface area contributed by atoms with E-state index >= 15 is 0 Å². The van der Waals surface area contributed by atoms with Gasteiger partial charge in [0, 0.05) is 18.6 Å². The summed E-state index contributed by atoms with van der Waals surface area (Å²) in [5.41, 5.74) is 5.75. The minimum atomic E-state index is -0.802. The zero-order valence-electron chi connectivity index (χ0n) is 20.7. The van der Waals surface area contributed by atoms with Crippen molar-refractivity contribution in [1.29, 1.82) is 5.41 Å². The van der Waals surface area contributed by atoms with Crippen molar-refractivity contribution in [3.05, 3.63) is 47.6 Å². The van der Waals surface area contributed by atoms with E-state index in [2.05, 4.69) is 17.5 Å². The van der Waals surface area contributed by atoms with Crippen LogP contribution in [0, 0.1) is 5.41 Å². The van der Waals surface area contributed by atoms with E-state index in [0.717, 1.165) is 24.0 Å². The number of anilines is 1. The Labute approximate surface area is 199 Å². The zero-order chi connectivity index (χ0) is 24.3. The van der Waals surface area contributed by atoms with Crippen LogP contribution in [0.1, 0.15) is 83.8 Å². The Bertz CT molecular complexity index is 866. The fourth-order valence-corrected chi connectivity index (χ4v) is 3.66. The Morgan fingerprint density at radius 3 is 2.45 bits per heavy atom. The number of aromatic hydroxyl groups is 1. The average Bonchev–Trinajstić information content (AvgIpc) is 2.77. The highest BCUT2D eigenvalue weighted by molar-refractivity contribution is 6.50. The number of hydrogen-bond donors (Lipinski definition) is 4. The number of allylic oxidation sites excluding steroid dienone is 4. The molecule has 182 valence electrons. The lowest BCUT2D eigenvalue weighted by molar-refractivity contribution is -0.103. The molecule has 1 aliphatic carbocycles. The van der Waals surface area contributed by atoms with Crippen LogP contribution in [0.25, 0.3) is 0 Å². The standard InChI is InChI=1S/C27H41N3O3/c1-5-6-7-8-9-12-17-33-25(31)16-15-20-18-21(27(2,3)4)26(32)24(19-20)30-29-23-14-11-10-13-22(23)28/h10-11,13-14,18-19,25,28,30-32H,5-9,12,15-17H2,1-4H3/b28-22?,29-23-. The first kappa shape index (κ1) is 26.8. The second kappa shape index (κ2) is 13.3. The second-order valence-electron chi connectivity index (χ2n) is 9.66. The van der Waals surface area contributed by atoms with Crippen molar-refractivity contribution in [2.45, 2.75) is 90.8 Å². The molecule has 0 radical (unpaired) electrons. The van der Waals surface area contributed by atoms with Gasteiger partial charge in [-0.15, -0.1) is 0 Å². The Morgan fingerprint density at radius 2 is 1.76 bits per heavy atom. The summed E-state index contributed by atoms with van der Waals surface area (Å²) in [6, 6.07) is 3.83. The summed E-state index contributed by atoms with van der Waals surface area (Å²) in [7, 11) is 0. The van der Waals surface area contributed by atoms with Crippen molar-refractivity contribution in [1.82, 2.24) is 0 Å². The van der Waals surface area contributed by atoms with Crippen LogP contribution >= 0.6 is 0 Å². The molecule has 6 nitrogen and oxygen atoms in total. The van der Waals surface area contributed by atoms with Gasteiger partial charge in [0.2, 0.25) is 0 Å². The Morgan fingerprint density at radius 1 is 1.06 bits per heavy atom. The van der Waals surface area contributed by atoms with Crippen LogP contribution in [0.4, 0.5) is 5.69 Å². The first-order valence-electron chi connectivity index (χ1n) is 12.2. The lowest BCUT2D eigenvalue weighted by Crippen LogP contribution is -2.16. The van der Waals surface area contributed by atoms with Gasteiger partial charge in [0.25, 0.3) is 0 Å². The number of rotatable bonds is 13. The molecule has 1 atom stereocenters. The average molecular weight is 456 g/mol. The quantitative estimate of drug-likeness (QED) is 0.0931. The van der Waals surface area contributed by atoms with E-state index in [0.29, 0.717) is 36.6 Å². The van der Waals surface area contributed by atoms with E-state index in [1.165, 1.54) is 25.7 Å². The minimum absolute atomic E-state index is 0.150. The van der Waals surface area contributed by atoms with E-state index in [1.54, 1.807) is 18.2 Å². The van der Waals surface area contributed by atoms with Crippen molar-refractivity contribution in [3.63, 3.8) is 0 Å². The summed E-state index contributed by atoms with van der Waals surface area (Å²) in [6.07, 6.45) is 14.5. The molecule has 4 N–H and O–H groups in total. The number of phenolic OH excluding ortho intramolecular Hbond substituents is 1. The molecule has 1 unspecified atom stereocenters. The summed E-state index contributed by atoms with van der Waals surface area (Å²) in [6.45, 7) is 8.93. The molecule has 0 aromatic heterocycles. The van der Waals surface area contributed by atoms with Crippen LogP contribution in [0.2, 0.25) is 0 Å². The monoisotopic (exact) mass is 455 g/mol. The molecule has 0 fully saturated rings. The molecule has 0 amide bonds. The van der Waals surface area contributed by atoms with Crippen LogP contribution in [-0.4, -0.2) is 34.5 Å². The van der Waals surface area contributed by atoms with Gasteiger partial charge in [-0.05, 0) is 42.0 Å². The van der Waals surface area contributed by atoms with Crippen molar-refractivity contribution in [3.8, 4) is 5.75 Å². The molecule has 0 saturated carbocycles. The lowest BCUT2D eigenvalue weighted by atomic mass is 9.84. The van der Waals surface area contributed by atoms with Gasteiger partial charge in [-0.1, -0.05) is 78.0 Å². The second-order valence-corrected chi connectivity index (χ2v) is 9.66. The number of aliphatic hydroxyl groups excluding tert-OH is 1. The largest absolute Gasteiger partial charge is 0.505 e. The number of hydrazone groups is 1.